The van der Waals surface area contributed by atoms with Gasteiger partial charge in [0.15, 0.2) is 0 Å². The molecule has 26 heavy (non-hydrogen) atoms. The first-order valence-electron chi connectivity index (χ1n) is 9.03. The number of benzene rings is 2. The van der Waals surface area contributed by atoms with Crippen molar-refractivity contribution >= 4 is 12.0 Å². The zero-order chi connectivity index (χ0) is 19.2. The number of para-hydroxylation sites is 1. The van der Waals surface area contributed by atoms with Crippen LogP contribution in [0.4, 0.5) is 0 Å². The molecule has 0 heterocycles. The van der Waals surface area contributed by atoms with Gasteiger partial charge in [0, 0.05) is 6.08 Å². The predicted molar refractivity (Wildman–Crippen MR) is 108 cm³/mol. The topological polar surface area (TPSA) is 38.3 Å². The molecule has 1 atom stereocenters. The molecule has 2 aromatic rings. The molecule has 0 aromatic heterocycles. The lowest BCUT2D eigenvalue weighted by molar-refractivity contribution is -0.117. The zero-order valence-electron chi connectivity index (χ0n) is 16.4. The van der Waals surface area contributed by atoms with Crippen molar-refractivity contribution in [3.63, 3.8) is 0 Å². The molecule has 2 rings (SSSR count). The summed E-state index contributed by atoms with van der Waals surface area (Å²) >= 11 is 0. The largest absolute Gasteiger partial charge is 0.491 e. The summed E-state index contributed by atoms with van der Waals surface area (Å²) in [5.74, 6) is 0.730. The van der Waals surface area contributed by atoms with Crippen LogP contribution < -0.4 is 10.1 Å². The number of hydrogen-bond acceptors (Lipinski definition) is 2. The van der Waals surface area contributed by atoms with Crippen molar-refractivity contribution < 1.29 is 9.53 Å². The summed E-state index contributed by atoms with van der Waals surface area (Å²) in [6, 6.07) is 16.1. The number of nitrogens with one attached hydrogen (secondary N) is 1. The molecule has 0 saturated carbocycles. The normalized spacial score (nSPS) is 12.8. The van der Waals surface area contributed by atoms with Gasteiger partial charge in [-0.25, -0.2) is 0 Å². The SMILES string of the molecule is Cc1ccccc1OCC(C)NC(=O)/C=C/c1ccc(C(C)(C)C)cc1. The molecule has 0 aliphatic heterocycles. The van der Waals surface area contributed by atoms with Gasteiger partial charge in [-0.15, -0.1) is 0 Å². The molecule has 0 radical (unpaired) electrons. The number of aryl methyl sites for hydroxylation is 1. The third kappa shape index (κ3) is 6.07. The Bertz CT molecular complexity index is 755. The Labute approximate surface area is 157 Å². The maximum absolute atomic E-state index is 12.1. The van der Waals surface area contributed by atoms with E-state index < -0.39 is 0 Å². The summed E-state index contributed by atoms with van der Waals surface area (Å²) in [5, 5.41) is 2.92. The maximum atomic E-state index is 12.1. The third-order valence-electron chi connectivity index (χ3n) is 4.17. The fourth-order valence-electron chi connectivity index (χ4n) is 2.53. The minimum absolute atomic E-state index is 0.0741. The molecule has 0 saturated heterocycles. The van der Waals surface area contributed by atoms with Gasteiger partial charge in [-0.1, -0.05) is 63.2 Å². The van der Waals surface area contributed by atoms with Crippen molar-refractivity contribution in [1.82, 2.24) is 5.32 Å². The van der Waals surface area contributed by atoms with Crippen LogP contribution in [-0.2, 0) is 10.2 Å². The van der Waals surface area contributed by atoms with Gasteiger partial charge >= 0.3 is 0 Å². The fourth-order valence-corrected chi connectivity index (χ4v) is 2.53. The monoisotopic (exact) mass is 351 g/mol. The minimum Gasteiger partial charge on any atom is -0.491 e. The van der Waals surface area contributed by atoms with E-state index in [0.717, 1.165) is 16.9 Å². The van der Waals surface area contributed by atoms with Crippen LogP contribution in [0.25, 0.3) is 6.08 Å². The van der Waals surface area contributed by atoms with Crippen molar-refractivity contribution in [3.8, 4) is 5.75 Å². The van der Waals surface area contributed by atoms with Crippen LogP contribution in [0.3, 0.4) is 0 Å². The van der Waals surface area contributed by atoms with E-state index in [2.05, 4.69) is 38.2 Å². The lowest BCUT2D eigenvalue weighted by Gasteiger charge is -2.18. The Morgan fingerprint density at radius 2 is 1.77 bits per heavy atom. The second-order valence-corrected chi connectivity index (χ2v) is 7.69. The van der Waals surface area contributed by atoms with E-state index in [1.807, 2.05) is 56.3 Å². The average Bonchev–Trinajstić information content (AvgIpc) is 2.59. The highest BCUT2D eigenvalue weighted by Crippen LogP contribution is 2.22. The van der Waals surface area contributed by atoms with Crippen molar-refractivity contribution in [2.45, 2.75) is 46.1 Å². The van der Waals surface area contributed by atoms with Crippen LogP contribution in [0.1, 0.15) is 44.4 Å². The Morgan fingerprint density at radius 3 is 2.38 bits per heavy atom. The lowest BCUT2D eigenvalue weighted by atomic mass is 9.87. The highest BCUT2D eigenvalue weighted by Gasteiger charge is 2.12. The van der Waals surface area contributed by atoms with Crippen LogP contribution in [0.2, 0.25) is 0 Å². The number of carbonyl (C=O) groups excluding carboxylic acids is 1. The van der Waals surface area contributed by atoms with Crippen LogP contribution >= 0.6 is 0 Å². The summed E-state index contributed by atoms with van der Waals surface area (Å²) in [6.45, 7) is 10.9. The first kappa shape index (κ1) is 19.8. The van der Waals surface area contributed by atoms with E-state index in [-0.39, 0.29) is 17.4 Å². The fraction of sp³-hybridized carbons (Fsp3) is 0.348. The summed E-state index contributed by atoms with van der Waals surface area (Å²) in [6.07, 6.45) is 3.40. The second-order valence-electron chi connectivity index (χ2n) is 7.69. The molecule has 3 nitrogen and oxygen atoms in total. The standard InChI is InChI=1S/C23H29NO2/c1-17-8-6-7-9-21(17)26-16-18(2)24-22(25)15-12-19-10-13-20(14-11-19)23(3,4)5/h6-15,18H,16H2,1-5H3,(H,24,25)/b15-12+. The number of amides is 1. The number of rotatable bonds is 6. The summed E-state index contributed by atoms with van der Waals surface area (Å²) in [4.78, 5) is 12.1. The molecule has 0 aliphatic rings. The Hall–Kier alpha value is -2.55. The quantitative estimate of drug-likeness (QED) is 0.753. The third-order valence-corrected chi connectivity index (χ3v) is 4.17. The Balaban J connectivity index is 1.83. The molecule has 2 aromatic carbocycles. The van der Waals surface area contributed by atoms with Crippen LogP contribution in [-0.4, -0.2) is 18.6 Å². The first-order valence-corrected chi connectivity index (χ1v) is 9.03. The van der Waals surface area contributed by atoms with Gasteiger partial charge in [0.25, 0.3) is 0 Å². The highest BCUT2D eigenvalue weighted by atomic mass is 16.5. The molecule has 1 N–H and O–H groups in total. The van der Waals surface area contributed by atoms with Crippen LogP contribution in [0.5, 0.6) is 5.75 Å². The van der Waals surface area contributed by atoms with Crippen molar-refractivity contribution in [3.05, 3.63) is 71.3 Å². The first-order chi connectivity index (χ1) is 12.3. The molecular weight excluding hydrogens is 322 g/mol. The number of ether oxygens (including phenoxy) is 1. The van der Waals surface area contributed by atoms with Gasteiger partial charge in [-0.3, -0.25) is 4.79 Å². The van der Waals surface area contributed by atoms with E-state index in [9.17, 15) is 4.79 Å². The van der Waals surface area contributed by atoms with Gasteiger partial charge < -0.3 is 10.1 Å². The van der Waals surface area contributed by atoms with Gasteiger partial charge in [-0.2, -0.15) is 0 Å². The van der Waals surface area contributed by atoms with Gasteiger partial charge in [0.2, 0.25) is 5.91 Å². The molecule has 1 unspecified atom stereocenters. The van der Waals surface area contributed by atoms with Crippen LogP contribution in [0.15, 0.2) is 54.6 Å². The molecular formula is C23H29NO2. The summed E-state index contributed by atoms with van der Waals surface area (Å²) < 4.78 is 5.77. The predicted octanol–water partition coefficient (Wildman–Crippen LogP) is 4.89. The molecule has 0 bridgehead atoms. The summed E-state index contributed by atoms with van der Waals surface area (Å²) in [5.41, 5.74) is 3.51. The molecule has 0 aliphatic carbocycles. The molecule has 3 heteroatoms. The zero-order valence-corrected chi connectivity index (χ0v) is 16.4. The lowest BCUT2D eigenvalue weighted by Crippen LogP contribution is -2.35. The van der Waals surface area contributed by atoms with Crippen molar-refractivity contribution in [2.24, 2.45) is 0 Å². The number of hydrogen-bond donors (Lipinski definition) is 1. The van der Waals surface area contributed by atoms with Crippen LogP contribution in [0, 0.1) is 6.92 Å². The van der Waals surface area contributed by atoms with Crippen molar-refractivity contribution in [1.29, 1.82) is 0 Å². The van der Waals surface area contributed by atoms with Crippen molar-refractivity contribution in [2.75, 3.05) is 6.61 Å². The van der Waals surface area contributed by atoms with E-state index in [1.165, 1.54) is 5.56 Å². The Kier molecular flexibility index (Phi) is 6.62. The number of carbonyl (C=O) groups is 1. The van der Waals surface area contributed by atoms with Gasteiger partial charge in [0.05, 0.1) is 6.04 Å². The average molecular weight is 351 g/mol. The van der Waals surface area contributed by atoms with E-state index >= 15 is 0 Å². The van der Waals surface area contributed by atoms with Gasteiger partial charge in [0.1, 0.15) is 12.4 Å². The molecule has 138 valence electrons. The smallest absolute Gasteiger partial charge is 0.244 e. The minimum atomic E-state index is -0.120. The van der Waals surface area contributed by atoms with E-state index in [1.54, 1.807) is 6.08 Å². The molecule has 1 amide bonds. The summed E-state index contributed by atoms with van der Waals surface area (Å²) in [7, 11) is 0. The Morgan fingerprint density at radius 1 is 1.12 bits per heavy atom. The highest BCUT2D eigenvalue weighted by molar-refractivity contribution is 5.91. The second kappa shape index (κ2) is 8.70. The van der Waals surface area contributed by atoms with E-state index in [0.29, 0.717) is 6.61 Å². The molecule has 0 spiro atoms. The maximum Gasteiger partial charge on any atom is 0.244 e. The van der Waals surface area contributed by atoms with E-state index in [4.69, 9.17) is 4.74 Å². The molecule has 0 fully saturated rings. The van der Waals surface area contributed by atoms with Gasteiger partial charge in [-0.05, 0) is 48.1 Å².